The van der Waals surface area contributed by atoms with Gasteiger partial charge in [-0.1, -0.05) is 36.8 Å². The topological polar surface area (TPSA) is 38.3 Å². The Morgan fingerprint density at radius 1 is 1.25 bits per heavy atom. The zero-order chi connectivity index (χ0) is 13.8. The fraction of sp³-hybridized carbons (Fsp3) is 0.588. The Hall–Kier alpha value is -1.35. The van der Waals surface area contributed by atoms with E-state index in [1.807, 2.05) is 6.07 Å². The van der Waals surface area contributed by atoms with Gasteiger partial charge in [0.15, 0.2) is 0 Å². The summed E-state index contributed by atoms with van der Waals surface area (Å²) >= 11 is 0. The molecule has 3 nitrogen and oxygen atoms in total. The van der Waals surface area contributed by atoms with Crippen LogP contribution in [-0.2, 0) is 14.9 Å². The minimum Gasteiger partial charge on any atom is -0.378 e. The highest BCUT2D eigenvalue weighted by Crippen LogP contribution is 2.43. The van der Waals surface area contributed by atoms with Crippen LogP contribution in [-0.4, -0.2) is 25.2 Å². The zero-order valence-electron chi connectivity index (χ0n) is 11.9. The van der Waals surface area contributed by atoms with Crippen LogP contribution in [0.15, 0.2) is 30.3 Å². The number of carbonyl (C=O) groups is 1. The summed E-state index contributed by atoms with van der Waals surface area (Å²) in [4.78, 5) is 12.0. The molecule has 108 valence electrons. The summed E-state index contributed by atoms with van der Waals surface area (Å²) < 4.78 is 5.52. The van der Waals surface area contributed by atoms with Gasteiger partial charge in [-0.15, -0.1) is 0 Å². The van der Waals surface area contributed by atoms with Crippen LogP contribution in [0.3, 0.4) is 0 Å². The Bertz CT molecular complexity index is 447. The highest BCUT2D eigenvalue weighted by atomic mass is 16.5. The van der Waals surface area contributed by atoms with Crippen molar-refractivity contribution in [3.8, 4) is 0 Å². The maximum absolute atomic E-state index is 12.0. The molecule has 1 aromatic rings. The van der Waals surface area contributed by atoms with Gasteiger partial charge in [-0.2, -0.15) is 0 Å². The summed E-state index contributed by atoms with van der Waals surface area (Å²) in [6.07, 6.45) is 6.39. The summed E-state index contributed by atoms with van der Waals surface area (Å²) in [6, 6.07) is 10.6. The minimum atomic E-state index is 0.138. The van der Waals surface area contributed by atoms with Crippen LogP contribution < -0.4 is 5.32 Å². The number of benzene rings is 1. The third-order valence-electron chi connectivity index (χ3n) is 4.76. The van der Waals surface area contributed by atoms with Gasteiger partial charge in [-0.05, 0) is 31.2 Å². The second kappa shape index (κ2) is 5.96. The SMILES string of the molecule is O=C(C[C@H]1CCCO1)NCC1(c2ccccc2)CCC1. The lowest BCUT2D eigenvalue weighted by molar-refractivity contribution is -0.123. The predicted octanol–water partition coefficient (Wildman–Crippen LogP) is 2.79. The first-order valence-electron chi connectivity index (χ1n) is 7.72. The van der Waals surface area contributed by atoms with E-state index < -0.39 is 0 Å². The lowest BCUT2D eigenvalue weighted by Crippen LogP contribution is -2.46. The minimum absolute atomic E-state index is 0.138. The van der Waals surface area contributed by atoms with Crippen molar-refractivity contribution < 1.29 is 9.53 Å². The maximum Gasteiger partial charge on any atom is 0.222 e. The molecule has 1 atom stereocenters. The standard InChI is InChI=1S/C17H23NO2/c19-16(12-15-8-4-11-20-15)18-13-17(9-5-10-17)14-6-2-1-3-7-14/h1-3,6-7,15H,4-5,8-13H2,(H,18,19)/t15-/m1/s1. The normalized spacial score (nSPS) is 24.1. The van der Waals surface area contributed by atoms with Crippen molar-refractivity contribution >= 4 is 5.91 Å². The Morgan fingerprint density at radius 2 is 2.05 bits per heavy atom. The van der Waals surface area contributed by atoms with E-state index >= 15 is 0 Å². The van der Waals surface area contributed by atoms with Crippen molar-refractivity contribution in [1.29, 1.82) is 0 Å². The number of hydrogen-bond donors (Lipinski definition) is 1. The molecule has 2 fully saturated rings. The first-order chi connectivity index (χ1) is 9.78. The van der Waals surface area contributed by atoms with Gasteiger partial charge in [0, 0.05) is 18.6 Å². The van der Waals surface area contributed by atoms with Crippen molar-refractivity contribution in [3.05, 3.63) is 35.9 Å². The van der Waals surface area contributed by atoms with Gasteiger partial charge in [-0.3, -0.25) is 4.79 Å². The molecular weight excluding hydrogens is 250 g/mol. The van der Waals surface area contributed by atoms with E-state index in [1.165, 1.54) is 24.8 Å². The van der Waals surface area contributed by atoms with Crippen LogP contribution in [0.5, 0.6) is 0 Å². The van der Waals surface area contributed by atoms with Crippen molar-refractivity contribution in [2.45, 2.75) is 50.0 Å². The van der Waals surface area contributed by atoms with Crippen molar-refractivity contribution in [2.75, 3.05) is 13.2 Å². The second-order valence-corrected chi connectivity index (χ2v) is 6.12. The smallest absolute Gasteiger partial charge is 0.222 e. The molecule has 1 aromatic carbocycles. The number of ether oxygens (including phenoxy) is 1. The molecule has 2 aliphatic rings. The van der Waals surface area contributed by atoms with Crippen LogP contribution in [0.1, 0.15) is 44.1 Å². The van der Waals surface area contributed by atoms with Gasteiger partial charge in [0.05, 0.1) is 12.5 Å². The maximum atomic E-state index is 12.0. The van der Waals surface area contributed by atoms with E-state index in [4.69, 9.17) is 4.74 Å². The van der Waals surface area contributed by atoms with E-state index in [2.05, 4.69) is 29.6 Å². The monoisotopic (exact) mass is 273 g/mol. The largest absolute Gasteiger partial charge is 0.378 e. The fourth-order valence-corrected chi connectivity index (χ4v) is 3.31. The highest BCUT2D eigenvalue weighted by Gasteiger charge is 2.38. The highest BCUT2D eigenvalue weighted by molar-refractivity contribution is 5.76. The van der Waals surface area contributed by atoms with Crippen molar-refractivity contribution in [2.24, 2.45) is 0 Å². The van der Waals surface area contributed by atoms with E-state index in [1.54, 1.807) is 0 Å². The first-order valence-corrected chi connectivity index (χ1v) is 7.72. The Kier molecular flexibility index (Phi) is 4.06. The molecule has 3 heteroatoms. The van der Waals surface area contributed by atoms with Gasteiger partial charge in [0.2, 0.25) is 5.91 Å². The molecule has 1 heterocycles. The van der Waals surface area contributed by atoms with Crippen LogP contribution in [0.25, 0.3) is 0 Å². The summed E-state index contributed by atoms with van der Waals surface area (Å²) in [7, 11) is 0. The Labute approximate surface area is 120 Å². The molecule has 0 bridgehead atoms. The number of amides is 1. The molecule has 0 spiro atoms. The predicted molar refractivity (Wildman–Crippen MR) is 78.6 cm³/mol. The number of hydrogen-bond acceptors (Lipinski definition) is 2. The summed E-state index contributed by atoms with van der Waals surface area (Å²) in [5, 5.41) is 3.13. The summed E-state index contributed by atoms with van der Waals surface area (Å²) in [5.74, 6) is 0.138. The Balaban J connectivity index is 1.54. The van der Waals surface area contributed by atoms with Gasteiger partial charge in [0.25, 0.3) is 0 Å². The molecule has 0 radical (unpaired) electrons. The van der Waals surface area contributed by atoms with E-state index in [0.29, 0.717) is 6.42 Å². The molecule has 0 aromatic heterocycles. The third kappa shape index (κ3) is 2.88. The van der Waals surface area contributed by atoms with E-state index in [0.717, 1.165) is 26.0 Å². The Morgan fingerprint density at radius 3 is 2.65 bits per heavy atom. The zero-order valence-corrected chi connectivity index (χ0v) is 11.9. The van der Waals surface area contributed by atoms with Crippen molar-refractivity contribution in [3.63, 3.8) is 0 Å². The quantitative estimate of drug-likeness (QED) is 0.896. The molecule has 1 aliphatic heterocycles. The molecule has 1 N–H and O–H groups in total. The number of carbonyl (C=O) groups excluding carboxylic acids is 1. The van der Waals surface area contributed by atoms with Gasteiger partial charge >= 0.3 is 0 Å². The van der Waals surface area contributed by atoms with Gasteiger partial charge < -0.3 is 10.1 Å². The first kappa shape index (κ1) is 13.6. The molecule has 1 aliphatic carbocycles. The fourth-order valence-electron chi connectivity index (χ4n) is 3.31. The molecular formula is C17H23NO2. The van der Waals surface area contributed by atoms with E-state index in [-0.39, 0.29) is 17.4 Å². The molecule has 20 heavy (non-hydrogen) atoms. The summed E-state index contributed by atoms with van der Waals surface area (Å²) in [5.41, 5.74) is 1.54. The van der Waals surface area contributed by atoms with Crippen molar-refractivity contribution in [1.82, 2.24) is 5.32 Å². The average molecular weight is 273 g/mol. The summed E-state index contributed by atoms with van der Waals surface area (Å²) in [6.45, 7) is 1.58. The average Bonchev–Trinajstić information content (AvgIpc) is 2.91. The molecule has 3 rings (SSSR count). The van der Waals surface area contributed by atoms with E-state index in [9.17, 15) is 4.79 Å². The number of nitrogens with one attached hydrogen (secondary N) is 1. The molecule has 0 unspecified atom stereocenters. The number of rotatable bonds is 5. The van der Waals surface area contributed by atoms with Crippen LogP contribution >= 0.6 is 0 Å². The molecule has 1 amide bonds. The van der Waals surface area contributed by atoms with Gasteiger partial charge in [-0.25, -0.2) is 0 Å². The van der Waals surface area contributed by atoms with Gasteiger partial charge in [0.1, 0.15) is 0 Å². The molecule has 1 saturated carbocycles. The lowest BCUT2D eigenvalue weighted by Gasteiger charge is -2.42. The third-order valence-corrected chi connectivity index (χ3v) is 4.76. The second-order valence-electron chi connectivity index (χ2n) is 6.12. The van der Waals surface area contributed by atoms with Crippen LogP contribution in [0, 0.1) is 0 Å². The lowest BCUT2D eigenvalue weighted by atomic mass is 9.64. The van der Waals surface area contributed by atoms with Crippen LogP contribution in [0.2, 0.25) is 0 Å². The van der Waals surface area contributed by atoms with Crippen LogP contribution in [0.4, 0.5) is 0 Å². The molecule has 1 saturated heterocycles.